The highest BCUT2D eigenvalue weighted by molar-refractivity contribution is 8.00. The van der Waals surface area contributed by atoms with Crippen LogP contribution in [0, 0.1) is 32.1 Å². The smallest absolute Gasteiger partial charge is 0.235 e. The predicted octanol–water partition coefficient (Wildman–Crippen LogP) is 4.02. The van der Waals surface area contributed by atoms with E-state index in [0.29, 0.717) is 17.1 Å². The molecule has 2 rings (SSSR count). The van der Waals surface area contributed by atoms with E-state index < -0.39 is 0 Å². The lowest BCUT2D eigenvalue weighted by atomic mass is 10.1. The Kier molecular flexibility index (Phi) is 6.22. The molecule has 130 valence electrons. The maximum atomic E-state index is 12.7. The molecule has 2 aromatic rings. The zero-order chi connectivity index (χ0) is 18.6. The van der Waals surface area contributed by atoms with Gasteiger partial charge in [0, 0.05) is 19.3 Å². The SMILES string of the molecule is Cc1nc(S[C@H](C)C(=O)N(C)Cc2ccccc2)c(C#N)c(C)c1C. The number of nitriles is 1. The van der Waals surface area contributed by atoms with Gasteiger partial charge in [-0.2, -0.15) is 5.26 Å². The minimum Gasteiger partial charge on any atom is -0.340 e. The van der Waals surface area contributed by atoms with Crippen molar-refractivity contribution >= 4 is 17.7 Å². The third-order valence-corrected chi connectivity index (χ3v) is 5.42. The van der Waals surface area contributed by atoms with Gasteiger partial charge >= 0.3 is 0 Å². The highest BCUT2D eigenvalue weighted by atomic mass is 32.2. The summed E-state index contributed by atoms with van der Waals surface area (Å²) < 4.78 is 0. The number of pyridine rings is 1. The summed E-state index contributed by atoms with van der Waals surface area (Å²) >= 11 is 1.35. The average Bonchev–Trinajstić information content (AvgIpc) is 2.60. The predicted molar refractivity (Wildman–Crippen MR) is 101 cm³/mol. The fourth-order valence-electron chi connectivity index (χ4n) is 2.59. The van der Waals surface area contributed by atoms with Gasteiger partial charge in [0.1, 0.15) is 11.1 Å². The van der Waals surface area contributed by atoms with Gasteiger partial charge in [-0.25, -0.2) is 4.98 Å². The molecule has 1 amide bonds. The molecule has 0 aliphatic rings. The van der Waals surface area contributed by atoms with Crippen molar-refractivity contribution in [1.82, 2.24) is 9.88 Å². The summed E-state index contributed by atoms with van der Waals surface area (Å²) in [5.74, 6) is 0.0235. The molecule has 4 nitrogen and oxygen atoms in total. The van der Waals surface area contributed by atoms with Crippen molar-refractivity contribution in [3.05, 3.63) is 58.3 Å². The van der Waals surface area contributed by atoms with Crippen molar-refractivity contribution in [3.63, 3.8) is 0 Å². The van der Waals surface area contributed by atoms with Crippen LogP contribution in [0.4, 0.5) is 0 Å². The van der Waals surface area contributed by atoms with Crippen LogP contribution in [0.3, 0.4) is 0 Å². The van der Waals surface area contributed by atoms with Gasteiger partial charge in [0.25, 0.3) is 0 Å². The lowest BCUT2D eigenvalue weighted by Gasteiger charge is -2.22. The van der Waals surface area contributed by atoms with E-state index in [1.54, 1.807) is 11.9 Å². The van der Waals surface area contributed by atoms with Gasteiger partial charge in [-0.15, -0.1) is 0 Å². The van der Waals surface area contributed by atoms with Crippen LogP contribution in [-0.4, -0.2) is 28.1 Å². The van der Waals surface area contributed by atoms with Gasteiger partial charge in [0.15, 0.2) is 0 Å². The number of benzene rings is 1. The number of thioether (sulfide) groups is 1. The van der Waals surface area contributed by atoms with Crippen molar-refractivity contribution in [2.45, 2.75) is 44.5 Å². The molecule has 1 aromatic carbocycles. The fraction of sp³-hybridized carbons (Fsp3) is 0.350. The van der Waals surface area contributed by atoms with Crippen LogP contribution in [0.1, 0.15) is 34.9 Å². The maximum absolute atomic E-state index is 12.7. The Balaban J connectivity index is 2.15. The first-order valence-corrected chi connectivity index (χ1v) is 9.06. The van der Waals surface area contributed by atoms with Gasteiger partial charge in [-0.1, -0.05) is 42.1 Å². The van der Waals surface area contributed by atoms with Crippen LogP contribution in [0.15, 0.2) is 35.4 Å². The minimum atomic E-state index is -0.310. The largest absolute Gasteiger partial charge is 0.340 e. The normalized spacial score (nSPS) is 11.7. The van der Waals surface area contributed by atoms with Gasteiger partial charge in [-0.05, 0) is 44.4 Å². The van der Waals surface area contributed by atoms with Crippen LogP contribution in [0.2, 0.25) is 0 Å². The van der Waals surface area contributed by atoms with Crippen LogP contribution in [0.5, 0.6) is 0 Å². The summed E-state index contributed by atoms with van der Waals surface area (Å²) in [7, 11) is 1.80. The molecule has 0 unspecified atom stereocenters. The summed E-state index contributed by atoms with van der Waals surface area (Å²) in [6.07, 6.45) is 0. The quantitative estimate of drug-likeness (QED) is 0.762. The summed E-state index contributed by atoms with van der Waals surface area (Å²) in [5, 5.41) is 9.80. The molecule has 0 saturated heterocycles. The Bertz CT molecular complexity index is 812. The number of hydrogen-bond acceptors (Lipinski definition) is 4. The van der Waals surface area contributed by atoms with Crippen LogP contribution in [0.25, 0.3) is 0 Å². The summed E-state index contributed by atoms with van der Waals surface area (Å²) in [6.45, 7) is 8.26. The third-order valence-electron chi connectivity index (χ3n) is 4.35. The Morgan fingerprint density at radius 2 is 1.88 bits per heavy atom. The molecular formula is C20H23N3OS. The van der Waals surface area contributed by atoms with E-state index in [4.69, 9.17) is 0 Å². The number of nitrogens with zero attached hydrogens (tertiary/aromatic N) is 3. The Labute approximate surface area is 153 Å². The number of rotatable bonds is 5. The summed E-state index contributed by atoms with van der Waals surface area (Å²) in [4.78, 5) is 18.9. The second kappa shape index (κ2) is 8.17. The molecule has 0 N–H and O–H groups in total. The van der Waals surface area contributed by atoms with E-state index in [-0.39, 0.29) is 11.2 Å². The van der Waals surface area contributed by atoms with E-state index in [1.165, 1.54) is 11.8 Å². The number of aryl methyl sites for hydroxylation is 1. The van der Waals surface area contributed by atoms with E-state index in [2.05, 4.69) is 11.1 Å². The molecule has 0 aliphatic heterocycles. The summed E-state index contributed by atoms with van der Waals surface area (Å²) in [5.41, 5.74) is 4.53. The highest BCUT2D eigenvalue weighted by Crippen LogP contribution is 2.30. The van der Waals surface area contributed by atoms with Gasteiger partial charge in [0.05, 0.1) is 10.8 Å². The van der Waals surface area contributed by atoms with Crippen LogP contribution < -0.4 is 0 Å². The molecule has 1 heterocycles. The standard InChI is InChI=1S/C20H23N3OS/c1-13-14(2)18(11-21)19(22-15(13)3)25-16(4)20(24)23(5)12-17-9-7-6-8-10-17/h6-10,16H,12H2,1-5H3/t16-/m1/s1. The minimum absolute atomic E-state index is 0.0235. The number of hydrogen-bond donors (Lipinski definition) is 0. The Hall–Kier alpha value is -2.32. The average molecular weight is 353 g/mol. The molecule has 0 fully saturated rings. The van der Waals surface area contributed by atoms with E-state index >= 15 is 0 Å². The monoisotopic (exact) mass is 353 g/mol. The van der Waals surface area contributed by atoms with Gasteiger partial charge in [-0.3, -0.25) is 4.79 Å². The second-order valence-electron chi connectivity index (χ2n) is 6.18. The van der Waals surface area contributed by atoms with Crippen LogP contribution >= 0.6 is 11.8 Å². The van der Waals surface area contributed by atoms with E-state index in [1.807, 2.05) is 58.0 Å². The zero-order valence-electron chi connectivity index (χ0n) is 15.3. The zero-order valence-corrected chi connectivity index (χ0v) is 16.1. The number of carbonyl (C=O) groups excluding carboxylic acids is 1. The van der Waals surface area contributed by atoms with Gasteiger partial charge < -0.3 is 4.90 Å². The number of amides is 1. The fourth-order valence-corrected chi connectivity index (χ4v) is 3.71. The third kappa shape index (κ3) is 4.40. The summed E-state index contributed by atoms with van der Waals surface area (Å²) in [6, 6.07) is 12.1. The van der Waals surface area contributed by atoms with E-state index in [0.717, 1.165) is 22.4 Å². The van der Waals surface area contributed by atoms with Crippen molar-refractivity contribution in [1.29, 1.82) is 5.26 Å². The molecule has 0 radical (unpaired) electrons. The van der Waals surface area contributed by atoms with Crippen molar-refractivity contribution in [2.24, 2.45) is 0 Å². The van der Waals surface area contributed by atoms with Crippen molar-refractivity contribution < 1.29 is 4.79 Å². The lowest BCUT2D eigenvalue weighted by molar-refractivity contribution is -0.129. The van der Waals surface area contributed by atoms with Crippen molar-refractivity contribution in [2.75, 3.05) is 7.05 Å². The van der Waals surface area contributed by atoms with Crippen LogP contribution in [-0.2, 0) is 11.3 Å². The molecular weight excluding hydrogens is 330 g/mol. The highest BCUT2D eigenvalue weighted by Gasteiger charge is 2.22. The Morgan fingerprint density at radius 3 is 2.48 bits per heavy atom. The number of aromatic nitrogens is 1. The topological polar surface area (TPSA) is 57.0 Å². The molecule has 0 bridgehead atoms. The molecule has 0 aliphatic carbocycles. The molecule has 5 heteroatoms. The second-order valence-corrected chi connectivity index (χ2v) is 7.51. The molecule has 25 heavy (non-hydrogen) atoms. The molecule has 0 spiro atoms. The Morgan fingerprint density at radius 1 is 1.24 bits per heavy atom. The van der Waals surface area contributed by atoms with Crippen molar-refractivity contribution in [3.8, 4) is 6.07 Å². The maximum Gasteiger partial charge on any atom is 0.235 e. The first-order valence-electron chi connectivity index (χ1n) is 8.18. The van der Waals surface area contributed by atoms with Gasteiger partial charge in [0.2, 0.25) is 5.91 Å². The van der Waals surface area contributed by atoms with E-state index in [9.17, 15) is 10.1 Å². The first-order chi connectivity index (χ1) is 11.8. The molecule has 1 aromatic heterocycles. The number of carbonyl (C=O) groups is 1. The molecule has 0 saturated carbocycles. The first kappa shape index (κ1) is 19.0. The molecule has 1 atom stereocenters. The lowest BCUT2D eigenvalue weighted by Crippen LogP contribution is -2.32.